The molecule has 0 aliphatic carbocycles. The zero-order valence-electron chi connectivity index (χ0n) is 17.2. The van der Waals surface area contributed by atoms with E-state index in [0.717, 1.165) is 47.1 Å². The number of benzene rings is 2. The van der Waals surface area contributed by atoms with Gasteiger partial charge in [-0.25, -0.2) is 0 Å². The molecule has 0 aromatic heterocycles. The van der Waals surface area contributed by atoms with Crippen LogP contribution in [-0.4, -0.2) is 40.0 Å². The molecule has 1 aliphatic rings. The summed E-state index contributed by atoms with van der Waals surface area (Å²) in [6.45, 7) is 7.52. The molecule has 1 heterocycles. The first-order chi connectivity index (χ1) is 13.2. The molecule has 0 amide bonds. The van der Waals surface area contributed by atoms with E-state index in [1.807, 2.05) is 38.1 Å². The van der Waals surface area contributed by atoms with Gasteiger partial charge in [0.25, 0.3) is 0 Å². The Kier molecular flexibility index (Phi) is 6.65. The van der Waals surface area contributed by atoms with Crippen LogP contribution in [0.1, 0.15) is 52.0 Å². The van der Waals surface area contributed by atoms with Gasteiger partial charge >= 0.3 is 0 Å². The van der Waals surface area contributed by atoms with Crippen LogP contribution in [0.5, 0.6) is 0 Å². The summed E-state index contributed by atoms with van der Waals surface area (Å²) >= 11 is 3.50. The minimum Gasteiger partial charge on any atom is -0.385 e. The number of halogens is 1. The first-order valence-electron chi connectivity index (χ1n) is 10.2. The predicted molar refractivity (Wildman–Crippen MR) is 119 cm³/mol. The topological polar surface area (TPSA) is 43.7 Å². The van der Waals surface area contributed by atoms with E-state index < -0.39 is 17.2 Å². The quantitative estimate of drug-likeness (QED) is 0.652. The highest BCUT2D eigenvalue weighted by atomic mass is 79.9. The van der Waals surface area contributed by atoms with E-state index in [4.69, 9.17) is 0 Å². The van der Waals surface area contributed by atoms with Crippen molar-refractivity contribution in [2.24, 2.45) is 0 Å². The molecule has 3 nitrogen and oxygen atoms in total. The van der Waals surface area contributed by atoms with Crippen molar-refractivity contribution in [3.05, 3.63) is 58.6 Å². The van der Waals surface area contributed by atoms with E-state index in [9.17, 15) is 10.2 Å². The molecular weight excluding hydrogens is 414 g/mol. The molecule has 2 atom stereocenters. The van der Waals surface area contributed by atoms with E-state index in [2.05, 4.69) is 45.1 Å². The number of rotatable bonds is 5. The third kappa shape index (κ3) is 4.20. The van der Waals surface area contributed by atoms with Crippen molar-refractivity contribution in [1.29, 1.82) is 0 Å². The average molecular weight is 446 g/mol. The molecule has 2 aromatic carbocycles. The Hall–Kier alpha value is -1.20. The summed E-state index contributed by atoms with van der Waals surface area (Å²) in [5.74, 6) is 0. The Morgan fingerprint density at radius 3 is 2.07 bits per heavy atom. The number of aliphatic hydroxyl groups is 2. The molecule has 0 radical (unpaired) electrons. The second-order valence-corrected chi connectivity index (χ2v) is 9.56. The fourth-order valence-corrected chi connectivity index (χ4v) is 4.46. The number of hydrogen-bond acceptors (Lipinski definition) is 3. The minimum absolute atomic E-state index is 0.650. The van der Waals surface area contributed by atoms with Gasteiger partial charge in [0, 0.05) is 23.0 Å². The lowest BCUT2D eigenvalue weighted by atomic mass is 9.67. The van der Waals surface area contributed by atoms with Gasteiger partial charge in [0.05, 0.1) is 0 Å². The van der Waals surface area contributed by atoms with Gasteiger partial charge in [0.1, 0.15) is 11.8 Å². The van der Waals surface area contributed by atoms with Gasteiger partial charge in [-0.15, -0.1) is 0 Å². The van der Waals surface area contributed by atoms with Gasteiger partial charge in [0.15, 0.2) is 0 Å². The third-order valence-corrected chi connectivity index (χ3v) is 7.04. The summed E-state index contributed by atoms with van der Waals surface area (Å²) in [5, 5.41) is 22.8. The van der Waals surface area contributed by atoms with Gasteiger partial charge in [0.2, 0.25) is 0 Å². The van der Waals surface area contributed by atoms with Crippen molar-refractivity contribution in [1.82, 2.24) is 4.90 Å². The Balaban J connectivity index is 1.98. The predicted octanol–water partition coefficient (Wildman–Crippen LogP) is 5.34. The lowest BCUT2D eigenvalue weighted by Gasteiger charge is -2.47. The van der Waals surface area contributed by atoms with Crippen LogP contribution in [0.2, 0.25) is 0 Å². The average Bonchev–Trinajstić information content (AvgIpc) is 2.97. The summed E-state index contributed by atoms with van der Waals surface area (Å²) < 4.78 is 1.04. The second-order valence-electron chi connectivity index (χ2n) is 8.65. The summed E-state index contributed by atoms with van der Waals surface area (Å²) in [6, 6.07) is 16.4. The smallest absolute Gasteiger partial charge is 0.137 e. The highest BCUT2D eigenvalue weighted by molar-refractivity contribution is 9.10. The fraction of sp³-hybridized carbons (Fsp3) is 0.500. The van der Waals surface area contributed by atoms with E-state index in [0.29, 0.717) is 0 Å². The van der Waals surface area contributed by atoms with Gasteiger partial charge in [-0.2, -0.15) is 0 Å². The maximum atomic E-state index is 11.6. The van der Waals surface area contributed by atoms with Gasteiger partial charge in [-0.1, -0.05) is 79.0 Å². The lowest BCUT2D eigenvalue weighted by Crippen LogP contribution is -2.60. The molecule has 2 unspecified atom stereocenters. The zero-order valence-corrected chi connectivity index (χ0v) is 18.7. The maximum Gasteiger partial charge on any atom is 0.137 e. The second kappa shape index (κ2) is 8.66. The molecule has 0 bridgehead atoms. The van der Waals surface area contributed by atoms with Crippen molar-refractivity contribution in [3.8, 4) is 11.1 Å². The maximum absolute atomic E-state index is 11.6. The Bertz CT molecular complexity index is 777. The van der Waals surface area contributed by atoms with E-state index >= 15 is 0 Å². The molecule has 1 fully saturated rings. The van der Waals surface area contributed by atoms with Crippen LogP contribution in [0, 0.1) is 0 Å². The highest BCUT2D eigenvalue weighted by Crippen LogP contribution is 2.42. The number of nitrogens with zero attached hydrogens (tertiary/aromatic N) is 1. The molecule has 2 N–H and O–H groups in total. The summed E-state index contributed by atoms with van der Waals surface area (Å²) in [7, 11) is 0. The van der Waals surface area contributed by atoms with Gasteiger partial charge in [-0.3, -0.25) is 4.90 Å². The first kappa shape index (κ1) is 21.5. The Morgan fingerprint density at radius 1 is 0.893 bits per heavy atom. The molecule has 0 saturated carbocycles. The van der Waals surface area contributed by atoms with Crippen molar-refractivity contribution in [2.45, 2.75) is 63.7 Å². The zero-order chi connectivity index (χ0) is 20.4. The standard InChI is InChI=1S/C24H32BrNO2/c1-23(2,24(3,28)22(27)26-16-8-4-5-9-17-26)21-11-7-6-10-20(21)18-12-14-19(25)15-13-18/h6-7,10-15,22,27-28H,4-5,8-9,16-17H2,1-3H3. The summed E-state index contributed by atoms with van der Waals surface area (Å²) in [5.41, 5.74) is 1.28. The van der Waals surface area contributed by atoms with Crippen LogP contribution in [0.25, 0.3) is 11.1 Å². The number of likely N-dealkylation sites (tertiary alicyclic amines) is 1. The van der Waals surface area contributed by atoms with Crippen molar-refractivity contribution in [3.63, 3.8) is 0 Å². The number of aliphatic hydroxyl groups excluding tert-OH is 1. The largest absolute Gasteiger partial charge is 0.385 e. The third-order valence-electron chi connectivity index (χ3n) is 6.51. The molecular formula is C24H32BrNO2. The summed E-state index contributed by atoms with van der Waals surface area (Å²) in [6.07, 6.45) is 3.63. The van der Waals surface area contributed by atoms with Crippen molar-refractivity contribution in [2.75, 3.05) is 13.1 Å². The Labute approximate surface area is 177 Å². The monoisotopic (exact) mass is 445 g/mol. The summed E-state index contributed by atoms with van der Waals surface area (Å²) in [4.78, 5) is 2.05. The molecule has 4 heteroatoms. The van der Waals surface area contributed by atoms with Gasteiger partial charge < -0.3 is 10.2 Å². The van der Waals surface area contributed by atoms with E-state index in [-0.39, 0.29) is 0 Å². The SMILES string of the molecule is CC(C)(c1ccccc1-c1ccc(Br)cc1)C(C)(O)C(O)N1CCCCCC1. The van der Waals surface area contributed by atoms with Crippen LogP contribution in [0.4, 0.5) is 0 Å². The highest BCUT2D eigenvalue weighted by Gasteiger charge is 2.49. The lowest BCUT2D eigenvalue weighted by molar-refractivity contribution is -0.170. The minimum atomic E-state index is -1.30. The van der Waals surface area contributed by atoms with E-state index in [1.54, 1.807) is 6.92 Å². The van der Waals surface area contributed by atoms with Crippen LogP contribution >= 0.6 is 15.9 Å². The van der Waals surface area contributed by atoms with Gasteiger partial charge in [-0.05, 0) is 48.6 Å². The fourth-order valence-electron chi connectivity index (χ4n) is 4.20. The molecule has 0 spiro atoms. The van der Waals surface area contributed by atoms with Crippen LogP contribution in [-0.2, 0) is 5.41 Å². The molecule has 1 saturated heterocycles. The van der Waals surface area contributed by atoms with E-state index in [1.165, 1.54) is 12.8 Å². The van der Waals surface area contributed by atoms with Crippen molar-refractivity contribution >= 4 is 15.9 Å². The van der Waals surface area contributed by atoms with Crippen LogP contribution < -0.4 is 0 Å². The molecule has 1 aliphatic heterocycles. The molecule has 3 rings (SSSR count). The normalized spacial score (nSPS) is 19.6. The molecule has 2 aromatic rings. The van der Waals surface area contributed by atoms with Crippen LogP contribution in [0.3, 0.4) is 0 Å². The number of hydrogen-bond donors (Lipinski definition) is 2. The Morgan fingerprint density at radius 2 is 1.46 bits per heavy atom. The van der Waals surface area contributed by atoms with Crippen LogP contribution in [0.15, 0.2) is 53.0 Å². The molecule has 152 valence electrons. The first-order valence-corrected chi connectivity index (χ1v) is 11.0. The van der Waals surface area contributed by atoms with Crippen molar-refractivity contribution < 1.29 is 10.2 Å². The molecule has 28 heavy (non-hydrogen) atoms.